The SMILES string of the molecule is Cn1c(Cn2ccnc2)nnc1[C@H]1CCCN(c2cc(N)nc(N)n2)C1. The number of piperidine rings is 1. The van der Waals surface area contributed by atoms with Gasteiger partial charge in [0.15, 0.2) is 5.82 Å². The lowest BCUT2D eigenvalue weighted by Crippen LogP contribution is -2.36. The number of rotatable bonds is 4. The summed E-state index contributed by atoms with van der Waals surface area (Å²) >= 11 is 0. The minimum atomic E-state index is 0.198. The Kier molecular flexibility index (Phi) is 4.15. The van der Waals surface area contributed by atoms with Crippen molar-refractivity contribution >= 4 is 17.6 Å². The van der Waals surface area contributed by atoms with E-state index >= 15 is 0 Å². The number of aromatic nitrogens is 7. The Labute approximate surface area is 150 Å². The van der Waals surface area contributed by atoms with Crippen molar-refractivity contribution in [2.45, 2.75) is 25.3 Å². The molecule has 4 rings (SSSR count). The number of nitrogens with two attached hydrogens (primary N) is 2. The minimum Gasteiger partial charge on any atom is -0.383 e. The van der Waals surface area contributed by atoms with E-state index in [1.54, 1.807) is 18.6 Å². The van der Waals surface area contributed by atoms with Crippen molar-refractivity contribution < 1.29 is 0 Å². The third kappa shape index (κ3) is 3.17. The first kappa shape index (κ1) is 16.3. The Morgan fingerprint density at radius 2 is 2.12 bits per heavy atom. The van der Waals surface area contributed by atoms with Gasteiger partial charge in [-0.3, -0.25) is 0 Å². The van der Waals surface area contributed by atoms with Gasteiger partial charge in [-0.15, -0.1) is 10.2 Å². The Hall–Kier alpha value is -3.17. The summed E-state index contributed by atoms with van der Waals surface area (Å²) in [6.07, 6.45) is 7.55. The summed E-state index contributed by atoms with van der Waals surface area (Å²) in [5, 5.41) is 8.83. The number of hydrogen-bond donors (Lipinski definition) is 2. The van der Waals surface area contributed by atoms with Gasteiger partial charge in [0.05, 0.1) is 12.9 Å². The molecule has 10 heteroatoms. The average Bonchev–Trinajstić information content (AvgIpc) is 3.25. The summed E-state index contributed by atoms with van der Waals surface area (Å²) in [6.45, 7) is 2.36. The average molecular weight is 354 g/mol. The van der Waals surface area contributed by atoms with Gasteiger partial charge in [-0.05, 0) is 12.8 Å². The smallest absolute Gasteiger partial charge is 0.223 e. The summed E-state index contributed by atoms with van der Waals surface area (Å²) in [4.78, 5) is 14.5. The molecule has 1 fully saturated rings. The molecule has 1 aliphatic heterocycles. The molecule has 0 unspecified atom stereocenters. The Morgan fingerprint density at radius 3 is 2.88 bits per heavy atom. The molecule has 1 aliphatic rings. The second-order valence-electron chi connectivity index (χ2n) is 6.56. The number of nitrogen functional groups attached to an aromatic ring is 2. The standard InChI is InChI=1S/C16H22N10/c1-24-14(9-25-6-4-19-10-25)22-23-15(24)11-3-2-5-26(8-11)13-7-12(17)20-16(18)21-13/h4,6-7,10-11H,2-3,5,8-9H2,1H3,(H4,17,18,20,21)/t11-/m0/s1. The van der Waals surface area contributed by atoms with Gasteiger partial charge in [-0.25, -0.2) is 4.98 Å². The lowest BCUT2D eigenvalue weighted by Gasteiger charge is -2.33. The molecule has 26 heavy (non-hydrogen) atoms. The molecular weight excluding hydrogens is 332 g/mol. The van der Waals surface area contributed by atoms with E-state index < -0.39 is 0 Å². The molecule has 10 nitrogen and oxygen atoms in total. The normalized spacial score (nSPS) is 17.6. The predicted octanol–water partition coefficient (Wildman–Crippen LogP) is 0.398. The van der Waals surface area contributed by atoms with Crippen LogP contribution in [0.25, 0.3) is 0 Å². The molecule has 4 heterocycles. The first-order chi connectivity index (χ1) is 12.6. The largest absolute Gasteiger partial charge is 0.383 e. The zero-order chi connectivity index (χ0) is 18.1. The Morgan fingerprint density at radius 1 is 1.23 bits per heavy atom. The van der Waals surface area contributed by atoms with Crippen LogP contribution < -0.4 is 16.4 Å². The van der Waals surface area contributed by atoms with Crippen LogP contribution in [-0.2, 0) is 13.6 Å². The van der Waals surface area contributed by atoms with Crippen LogP contribution >= 0.6 is 0 Å². The van der Waals surface area contributed by atoms with Crippen molar-refractivity contribution in [3.63, 3.8) is 0 Å². The van der Waals surface area contributed by atoms with Crippen LogP contribution in [0.2, 0.25) is 0 Å². The topological polar surface area (TPSA) is 130 Å². The fourth-order valence-corrected chi connectivity index (χ4v) is 3.44. The second kappa shape index (κ2) is 6.62. The van der Waals surface area contributed by atoms with E-state index in [9.17, 15) is 0 Å². The molecule has 0 spiro atoms. The highest BCUT2D eigenvalue weighted by molar-refractivity contribution is 5.50. The summed E-state index contributed by atoms with van der Waals surface area (Å²) < 4.78 is 4.06. The number of anilines is 3. The molecule has 0 radical (unpaired) electrons. The fourth-order valence-electron chi connectivity index (χ4n) is 3.44. The summed E-state index contributed by atoms with van der Waals surface area (Å²) in [5.74, 6) is 3.51. The van der Waals surface area contributed by atoms with Crippen molar-refractivity contribution in [1.29, 1.82) is 0 Å². The molecule has 0 aliphatic carbocycles. The molecule has 0 amide bonds. The van der Waals surface area contributed by atoms with E-state index in [0.29, 0.717) is 12.4 Å². The van der Waals surface area contributed by atoms with E-state index in [4.69, 9.17) is 11.5 Å². The summed E-state index contributed by atoms with van der Waals surface area (Å²) in [5.41, 5.74) is 11.6. The van der Waals surface area contributed by atoms with Gasteiger partial charge in [-0.1, -0.05) is 0 Å². The highest BCUT2D eigenvalue weighted by Crippen LogP contribution is 2.29. The van der Waals surface area contributed by atoms with Crippen LogP contribution in [0.1, 0.15) is 30.4 Å². The minimum absolute atomic E-state index is 0.198. The first-order valence-electron chi connectivity index (χ1n) is 8.59. The number of imidazole rings is 1. The maximum absolute atomic E-state index is 5.81. The van der Waals surface area contributed by atoms with E-state index in [1.807, 2.05) is 17.8 Å². The van der Waals surface area contributed by atoms with Crippen molar-refractivity contribution in [2.75, 3.05) is 29.5 Å². The van der Waals surface area contributed by atoms with Gasteiger partial charge in [-0.2, -0.15) is 9.97 Å². The van der Waals surface area contributed by atoms with Crippen molar-refractivity contribution in [1.82, 2.24) is 34.3 Å². The van der Waals surface area contributed by atoms with Crippen LogP contribution in [0.4, 0.5) is 17.6 Å². The predicted molar refractivity (Wildman–Crippen MR) is 97.4 cm³/mol. The molecule has 136 valence electrons. The highest BCUT2D eigenvalue weighted by Gasteiger charge is 2.27. The third-order valence-electron chi connectivity index (χ3n) is 4.74. The maximum atomic E-state index is 5.81. The number of nitrogens with zero attached hydrogens (tertiary/aromatic N) is 8. The van der Waals surface area contributed by atoms with Crippen LogP contribution in [0.5, 0.6) is 0 Å². The molecule has 4 N–H and O–H groups in total. The van der Waals surface area contributed by atoms with Crippen LogP contribution in [-0.4, -0.2) is 47.4 Å². The van der Waals surface area contributed by atoms with Crippen LogP contribution in [0, 0.1) is 0 Å². The van der Waals surface area contributed by atoms with Crippen molar-refractivity contribution in [3.8, 4) is 0 Å². The van der Waals surface area contributed by atoms with Gasteiger partial charge < -0.3 is 25.5 Å². The Bertz CT molecular complexity index is 864. The molecule has 0 bridgehead atoms. The fraction of sp³-hybridized carbons (Fsp3) is 0.438. The molecule has 3 aromatic rings. The van der Waals surface area contributed by atoms with E-state index in [-0.39, 0.29) is 11.9 Å². The lowest BCUT2D eigenvalue weighted by atomic mass is 9.97. The quantitative estimate of drug-likeness (QED) is 0.688. The molecule has 0 aromatic carbocycles. The van der Waals surface area contributed by atoms with E-state index in [0.717, 1.165) is 43.4 Å². The van der Waals surface area contributed by atoms with E-state index in [2.05, 4.69) is 34.6 Å². The van der Waals surface area contributed by atoms with Crippen LogP contribution in [0.15, 0.2) is 24.8 Å². The van der Waals surface area contributed by atoms with Gasteiger partial charge in [0.1, 0.15) is 17.5 Å². The van der Waals surface area contributed by atoms with Gasteiger partial charge in [0.2, 0.25) is 5.95 Å². The lowest BCUT2D eigenvalue weighted by molar-refractivity contribution is 0.476. The summed E-state index contributed by atoms with van der Waals surface area (Å²) in [7, 11) is 2.02. The monoisotopic (exact) mass is 354 g/mol. The van der Waals surface area contributed by atoms with Gasteiger partial charge in [0, 0.05) is 44.5 Å². The number of hydrogen-bond acceptors (Lipinski definition) is 8. The first-order valence-corrected chi connectivity index (χ1v) is 8.59. The van der Waals surface area contributed by atoms with Crippen molar-refractivity contribution in [2.24, 2.45) is 7.05 Å². The van der Waals surface area contributed by atoms with Gasteiger partial charge >= 0.3 is 0 Å². The van der Waals surface area contributed by atoms with E-state index in [1.165, 1.54) is 0 Å². The molecule has 1 atom stereocenters. The Balaban J connectivity index is 1.53. The third-order valence-corrected chi connectivity index (χ3v) is 4.74. The maximum Gasteiger partial charge on any atom is 0.223 e. The zero-order valence-corrected chi connectivity index (χ0v) is 14.7. The van der Waals surface area contributed by atoms with Crippen molar-refractivity contribution in [3.05, 3.63) is 36.4 Å². The zero-order valence-electron chi connectivity index (χ0n) is 14.7. The van der Waals surface area contributed by atoms with Gasteiger partial charge in [0.25, 0.3) is 0 Å². The summed E-state index contributed by atoms with van der Waals surface area (Å²) in [6, 6.07) is 1.76. The molecule has 3 aromatic heterocycles. The van der Waals surface area contributed by atoms with Crippen LogP contribution in [0.3, 0.4) is 0 Å². The molecule has 1 saturated heterocycles. The highest BCUT2D eigenvalue weighted by atomic mass is 15.3. The molecular formula is C16H22N10. The second-order valence-corrected chi connectivity index (χ2v) is 6.56. The molecule has 0 saturated carbocycles.